The summed E-state index contributed by atoms with van der Waals surface area (Å²) < 4.78 is 11.2. The maximum Gasteiger partial charge on any atom is 0.254 e. The van der Waals surface area contributed by atoms with E-state index in [-0.39, 0.29) is 5.91 Å². The summed E-state index contributed by atoms with van der Waals surface area (Å²) in [5.41, 5.74) is 0.554. The monoisotopic (exact) mass is 396 g/mol. The fourth-order valence-corrected chi connectivity index (χ4v) is 3.52. The highest BCUT2D eigenvalue weighted by Crippen LogP contribution is 2.37. The lowest BCUT2D eigenvalue weighted by atomic mass is 9.96. The number of methoxy groups -OCH3 is 1. The van der Waals surface area contributed by atoms with Crippen molar-refractivity contribution in [1.29, 1.82) is 0 Å². The summed E-state index contributed by atoms with van der Waals surface area (Å²) in [7, 11) is 1.57. The fourth-order valence-electron chi connectivity index (χ4n) is 3.25. The zero-order valence-corrected chi connectivity index (χ0v) is 17.8. The van der Waals surface area contributed by atoms with Crippen molar-refractivity contribution >= 4 is 17.5 Å². The Hall–Kier alpha value is -1.46. The maximum atomic E-state index is 12.9. The molecule has 1 N–H and O–H groups in total. The standard InChI is InChI=1S/C21H33ClN2O3/c1-5-23-14-16-6-9-24(10-7-16)21(25)17-12-18(22)20(19(13-17)26-4)27-11-8-15(2)3/h12-13,15-16,23H,5-11,14H2,1-4H3. The molecule has 1 aliphatic heterocycles. The smallest absolute Gasteiger partial charge is 0.254 e. The summed E-state index contributed by atoms with van der Waals surface area (Å²) in [5, 5.41) is 3.81. The number of rotatable bonds is 9. The van der Waals surface area contributed by atoms with E-state index in [1.807, 2.05) is 4.90 Å². The fraction of sp³-hybridized carbons (Fsp3) is 0.667. The molecule has 1 aliphatic rings. The number of piperidine rings is 1. The van der Waals surface area contributed by atoms with Gasteiger partial charge in [-0.1, -0.05) is 32.4 Å². The van der Waals surface area contributed by atoms with Crippen LogP contribution in [0.5, 0.6) is 11.5 Å². The average Bonchev–Trinajstić information content (AvgIpc) is 2.66. The van der Waals surface area contributed by atoms with Crippen LogP contribution in [0.3, 0.4) is 0 Å². The number of carbonyl (C=O) groups excluding carboxylic acids is 1. The first-order valence-electron chi connectivity index (χ1n) is 9.96. The van der Waals surface area contributed by atoms with Crippen molar-refractivity contribution in [2.45, 2.75) is 40.0 Å². The molecule has 6 heteroatoms. The second-order valence-electron chi connectivity index (χ2n) is 7.56. The van der Waals surface area contributed by atoms with Gasteiger partial charge in [0.25, 0.3) is 5.91 Å². The van der Waals surface area contributed by atoms with Crippen LogP contribution < -0.4 is 14.8 Å². The van der Waals surface area contributed by atoms with Crippen LogP contribution >= 0.6 is 11.6 Å². The molecule has 2 rings (SSSR count). The highest BCUT2D eigenvalue weighted by Gasteiger charge is 2.25. The van der Waals surface area contributed by atoms with Gasteiger partial charge in [0.15, 0.2) is 11.5 Å². The second kappa shape index (κ2) is 10.8. The number of nitrogens with zero attached hydrogens (tertiary/aromatic N) is 1. The molecule has 0 unspecified atom stereocenters. The van der Waals surface area contributed by atoms with Crippen LogP contribution in [-0.4, -0.2) is 50.7 Å². The number of amides is 1. The highest BCUT2D eigenvalue weighted by atomic mass is 35.5. The lowest BCUT2D eigenvalue weighted by molar-refractivity contribution is 0.0690. The number of halogens is 1. The highest BCUT2D eigenvalue weighted by molar-refractivity contribution is 6.32. The topological polar surface area (TPSA) is 50.8 Å². The molecular formula is C21H33ClN2O3. The van der Waals surface area contributed by atoms with E-state index in [0.29, 0.717) is 40.5 Å². The van der Waals surface area contributed by atoms with Gasteiger partial charge >= 0.3 is 0 Å². The zero-order chi connectivity index (χ0) is 19.8. The Bertz CT molecular complexity index is 614. The van der Waals surface area contributed by atoms with Gasteiger partial charge < -0.3 is 19.7 Å². The molecule has 0 bridgehead atoms. The number of hydrogen-bond acceptors (Lipinski definition) is 4. The maximum absolute atomic E-state index is 12.9. The molecule has 1 fully saturated rings. The van der Waals surface area contributed by atoms with Gasteiger partial charge in [-0.3, -0.25) is 4.79 Å². The van der Waals surface area contributed by atoms with Crippen LogP contribution in [0, 0.1) is 11.8 Å². The second-order valence-corrected chi connectivity index (χ2v) is 7.97. The van der Waals surface area contributed by atoms with Crippen molar-refractivity contribution in [2.24, 2.45) is 11.8 Å². The number of hydrogen-bond donors (Lipinski definition) is 1. The van der Waals surface area contributed by atoms with Crippen molar-refractivity contribution in [1.82, 2.24) is 10.2 Å². The van der Waals surface area contributed by atoms with Gasteiger partial charge in [-0.25, -0.2) is 0 Å². The molecule has 27 heavy (non-hydrogen) atoms. The predicted octanol–water partition coefficient (Wildman–Crippen LogP) is 4.24. The van der Waals surface area contributed by atoms with Crippen molar-refractivity contribution in [3.63, 3.8) is 0 Å². The molecule has 0 spiro atoms. The Morgan fingerprint density at radius 1 is 1.33 bits per heavy atom. The largest absolute Gasteiger partial charge is 0.493 e. The van der Waals surface area contributed by atoms with Gasteiger partial charge in [0, 0.05) is 18.7 Å². The molecule has 5 nitrogen and oxygen atoms in total. The molecule has 0 atom stereocenters. The number of nitrogens with one attached hydrogen (secondary N) is 1. The number of likely N-dealkylation sites (tertiary alicyclic amines) is 1. The van der Waals surface area contributed by atoms with Crippen molar-refractivity contribution < 1.29 is 14.3 Å². The molecule has 0 radical (unpaired) electrons. The Morgan fingerprint density at radius 2 is 2.04 bits per heavy atom. The van der Waals surface area contributed by atoms with Crippen LogP contribution in [-0.2, 0) is 0 Å². The summed E-state index contributed by atoms with van der Waals surface area (Å²) in [4.78, 5) is 14.8. The minimum atomic E-state index is 0.00540. The average molecular weight is 397 g/mol. The summed E-state index contributed by atoms with van der Waals surface area (Å²) in [5.74, 6) is 2.22. The normalized spacial score (nSPS) is 15.3. The summed E-state index contributed by atoms with van der Waals surface area (Å²) in [6.07, 6.45) is 2.99. The van der Waals surface area contributed by atoms with Gasteiger partial charge in [0.05, 0.1) is 18.7 Å². The summed E-state index contributed by atoms with van der Waals surface area (Å²) in [6.45, 7) is 10.6. The van der Waals surface area contributed by atoms with Crippen molar-refractivity contribution in [3.8, 4) is 11.5 Å². The van der Waals surface area contributed by atoms with E-state index < -0.39 is 0 Å². The van der Waals surface area contributed by atoms with Gasteiger partial charge in [0.2, 0.25) is 0 Å². The molecule has 0 aromatic heterocycles. The van der Waals surface area contributed by atoms with Crippen LogP contribution in [0.1, 0.15) is 50.4 Å². The Balaban J connectivity index is 2.03. The van der Waals surface area contributed by atoms with Crippen LogP contribution in [0.2, 0.25) is 5.02 Å². The number of ether oxygens (including phenoxy) is 2. The number of carbonyl (C=O) groups is 1. The van der Waals surface area contributed by atoms with Crippen LogP contribution in [0.15, 0.2) is 12.1 Å². The third-order valence-corrected chi connectivity index (χ3v) is 5.28. The molecule has 1 aromatic carbocycles. The minimum Gasteiger partial charge on any atom is -0.493 e. The van der Waals surface area contributed by atoms with E-state index in [0.717, 1.165) is 45.4 Å². The molecule has 1 amide bonds. The van der Waals surface area contributed by atoms with Crippen LogP contribution in [0.4, 0.5) is 0 Å². The van der Waals surface area contributed by atoms with Gasteiger partial charge in [-0.2, -0.15) is 0 Å². The minimum absolute atomic E-state index is 0.00540. The molecule has 0 aliphatic carbocycles. The lowest BCUT2D eigenvalue weighted by Crippen LogP contribution is -2.40. The van der Waals surface area contributed by atoms with E-state index in [1.165, 1.54) is 0 Å². The van der Waals surface area contributed by atoms with E-state index in [1.54, 1.807) is 19.2 Å². The Morgan fingerprint density at radius 3 is 2.63 bits per heavy atom. The summed E-state index contributed by atoms with van der Waals surface area (Å²) >= 11 is 6.41. The lowest BCUT2D eigenvalue weighted by Gasteiger charge is -2.32. The van der Waals surface area contributed by atoms with Gasteiger partial charge in [-0.15, -0.1) is 0 Å². The first-order valence-corrected chi connectivity index (χ1v) is 10.3. The van der Waals surface area contributed by atoms with Gasteiger partial charge in [-0.05, 0) is 56.3 Å². The molecule has 0 saturated carbocycles. The van der Waals surface area contributed by atoms with Crippen LogP contribution in [0.25, 0.3) is 0 Å². The Labute approximate surface area is 168 Å². The van der Waals surface area contributed by atoms with E-state index >= 15 is 0 Å². The van der Waals surface area contributed by atoms with Crippen molar-refractivity contribution in [3.05, 3.63) is 22.7 Å². The third-order valence-electron chi connectivity index (χ3n) is 5.00. The molecule has 152 valence electrons. The quantitative estimate of drug-likeness (QED) is 0.678. The number of benzene rings is 1. The van der Waals surface area contributed by atoms with Crippen molar-refractivity contribution in [2.75, 3.05) is 39.9 Å². The summed E-state index contributed by atoms with van der Waals surface area (Å²) in [6, 6.07) is 3.44. The molecule has 1 heterocycles. The van der Waals surface area contributed by atoms with Gasteiger partial charge in [0.1, 0.15) is 0 Å². The predicted molar refractivity (Wildman–Crippen MR) is 110 cm³/mol. The van der Waals surface area contributed by atoms with E-state index in [4.69, 9.17) is 21.1 Å². The SMILES string of the molecule is CCNCC1CCN(C(=O)c2cc(Cl)c(OCCC(C)C)c(OC)c2)CC1. The Kier molecular flexibility index (Phi) is 8.71. The molecule has 1 saturated heterocycles. The third kappa shape index (κ3) is 6.28. The van der Waals surface area contributed by atoms with E-state index in [2.05, 4.69) is 26.1 Å². The first kappa shape index (κ1) is 21.8. The molecule has 1 aromatic rings. The molecular weight excluding hydrogens is 364 g/mol. The first-order chi connectivity index (χ1) is 13.0. The van der Waals surface area contributed by atoms with E-state index in [9.17, 15) is 4.79 Å². The zero-order valence-electron chi connectivity index (χ0n) is 17.0.